The lowest BCUT2D eigenvalue weighted by Gasteiger charge is -2.17. The Kier molecular flexibility index (Phi) is 3.46. The van der Waals surface area contributed by atoms with Crippen molar-refractivity contribution in [3.63, 3.8) is 0 Å². The maximum Gasteiger partial charge on any atom is 0.263 e. The molecule has 2 rings (SSSR count). The molecule has 1 atom stereocenters. The molecule has 1 aromatic carbocycles. The van der Waals surface area contributed by atoms with Gasteiger partial charge in [-0.15, -0.1) is 0 Å². The van der Waals surface area contributed by atoms with E-state index in [4.69, 9.17) is 5.73 Å². The highest BCUT2D eigenvalue weighted by atomic mass is 16.3. The lowest BCUT2D eigenvalue weighted by molar-refractivity contribution is -0.126. The maximum atomic E-state index is 12.3. The van der Waals surface area contributed by atoms with Gasteiger partial charge >= 0.3 is 0 Å². The van der Waals surface area contributed by atoms with Gasteiger partial charge in [0.15, 0.2) is 6.10 Å². The van der Waals surface area contributed by atoms with Crippen molar-refractivity contribution in [2.75, 3.05) is 25.5 Å². The van der Waals surface area contributed by atoms with E-state index < -0.39 is 30.4 Å². The molecule has 1 heterocycles. The van der Waals surface area contributed by atoms with Gasteiger partial charge in [0.25, 0.3) is 11.8 Å². The first-order valence-electron chi connectivity index (χ1n) is 5.98. The van der Waals surface area contributed by atoms with E-state index in [2.05, 4.69) is 0 Å². The molecule has 7 heteroatoms. The van der Waals surface area contributed by atoms with E-state index in [0.29, 0.717) is 5.69 Å². The number of aliphatic hydroxyl groups excluding tert-OH is 1. The van der Waals surface area contributed by atoms with Gasteiger partial charge in [0.1, 0.15) is 0 Å². The fraction of sp³-hybridized carbons (Fsp3) is 0.308. The summed E-state index contributed by atoms with van der Waals surface area (Å²) in [6.45, 7) is -0.436. The van der Waals surface area contributed by atoms with Crippen molar-refractivity contribution in [3.05, 3.63) is 29.3 Å². The number of carbonyl (C=O) groups is 3. The number of nitrogens with two attached hydrogens (primary N) is 1. The highest BCUT2D eigenvalue weighted by molar-refractivity contribution is 6.23. The number of β-amino-alcohol motifs (C(OH)–C–C–N with tert-alkyl or cyclic N) is 1. The molecule has 0 spiro atoms. The third-order valence-electron chi connectivity index (χ3n) is 3.14. The Labute approximate surface area is 115 Å². The minimum Gasteiger partial charge on any atom is -0.381 e. The summed E-state index contributed by atoms with van der Waals surface area (Å²) in [5.41, 5.74) is 6.09. The summed E-state index contributed by atoms with van der Waals surface area (Å²) < 4.78 is 0. The zero-order valence-corrected chi connectivity index (χ0v) is 11.2. The van der Waals surface area contributed by atoms with E-state index in [1.165, 1.54) is 0 Å². The predicted octanol–water partition coefficient (Wildman–Crippen LogP) is -0.805. The minimum atomic E-state index is -1.57. The van der Waals surface area contributed by atoms with Crippen LogP contribution in [0.15, 0.2) is 18.2 Å². The third kappa shape index (κ3) is 2.12. The Morgan fingerprint density at radius 1 is 1.35 bits per heavy atom. The Hall–Kier alpha value is -2.41. The number of aliphatic hydroxyl groups is 1. The summed E-state index contributed by atoms with van der Waals surface area (Å²) in [7, 11) is 3.52. The zero-order valence-electron chi connectivity index (χ0n) is 11.2. The molecule has 0 aliphatic carbocycles. The molecule has 0 aromatic heterocycles. The zero-order chi connectivity index (χ0) is 15.0. The molecule has 1 aliphatic rings. The van der Waals surface area contributed by atoms with Crippen LogP contribution in [0.2, 0.25) is 0 Å². The van der Waals surface area contributed by atoms with Crippen LogP contribution in [0.5, 0.6) is 0 Å². The van der Waals surface area contributed by atoms with Crippen LogP contribution >= 0.6 is 0 Å². The molecule has 3 N–H and O–H groups in total. The third-order valence-corrected chi connectivity index (χ3v) is 3.14. The molecular formula is C13H15N3O4. The highest BCUT2D eigenvalue weighted by Gasteiger charge is 2.39. The van der Waals surface area contributed by atoms with Gasteiger partial charge in [-0.05, 0) is 12.1 Å². The van der Waals surface area contributed by atoms with Crippen LogP contribution < -0.4 is 10.6 Å². The van der Waals surface area contributed by atoms with E-state index >= 15 is 0 Å². The van der Waals surface area contributed by atoms with Crippen LogP contribution in [0.25, 0.3) is 0 Å². The predicted molar refractivity (Wildman–Crippen MR) is 71.3 cm³/mol. The fourth-order valence-corrected chi connectivity index (χ4v) is 2.12. The van der Waals surface area contributed by atoms with Gasteiger partial charge in [0, 0.05) is 19.8 Å². The number of fused-ring (bicyclic) bond motifs is 1. The Morgan fingerprint density at radius 2 is 2.00 bits per heavy atom. The van der Waals surface area contributed by atoms with E-state index in [-0.39, 0.29) is 11.1 Å². The number of rotatable bonds is 4. The van der Waals surface area contributed by atoms with Crippen molar-refractivity contribution in [2.45, 2.75) is 6.10 Å². The van der Waals surface area contributed by atoms with Crippen molar-refractivity contribution in [3.8, 4) is 0 Å². The number of amides is 3. The van der Waals surface area contributed by atoms with Crippen LogP contribution in [0.3, 0.4) is 0 Å². The summed E-state index contributed by atoms with van der Waals surface area (Å²) in [6, 6.07) is 4.94. The number of primary amides is 1. The molecule has 7 nitrogen and oxygen atoms in total. The van der Waals surface area contributed by atoms with Crippen LogP contribution in [0, 0.1) is 0 Å². The van der Waals surface area contributed by atoms with Crippen molar-refractivity contribution in [2.24, 2.45) is 5.73 Å². The molecule has 0 bridgehead atoms. The van der Waals surface area contributed by atoms with Gasteiger partial charge in [-0.25, -0.2) is 0 Å². The second-order valence-electron chi connectivity index (χ2n) is 4.73. The largest absolute Gasteiger partial charge is 0.381 e. The van der Waals surface area contributed by atoms with Crippen molar-refractivity contribution in [1.82, 2.24) is 4.90 Å². The van der Waals surface area contributed by atoms with Gasteiger partial charge in [0.05, 0.1) is 17.7 Å². The second-order valence-corrected chi connectivity index (χ2v) is 4.73. The normalized spacial score (nSPS) is 15.2. The maximum absolute atomic E-state index is 12.3. The minimum absolute atomic E-state index is 0.262. The first-order chi connectivity index (χ1) is 9.34. The number of imide groups is 1. The lowest BCUT2D eigenvalue weighted by atomic mass is 10.1. The standard InChI is InChI=1S/C13H15N3O4/c1-15(2)8-5-3-4-7-10(8)13(20)16(12(7)19)6-9(17)11(14)18/h3-5,9,17H,6H2,1-2H3,(H2,14,18). The SMILES string of the molecule is CN(C)c1cccc2c1C(=O)N(CC(O)C(N)=O)C2=O. The van der Waals surface area contributed by atoms with Crippen molar-refractivity contribution < 1.29 is 19.5 Å². The number of nitrogens with zero attached hydrogens (tertiary/aromatic N) is 2. The Morgan fingerprint density at radius 3 is 2.55 bits per heavy atom. The first kappa shape index (κ1) is 14.0. The molecule has 106 valence electrons. The number of benzene rings is 1. The highest BCUT2D eigenvalue weighted by Crippen LogP contribution is 2.30. The van der Waals surface area contributed by atoms with Crippen molar-refractivity contribution in [1.29, 1.82) is 0 Å². The molecule has 3 amide bonds. The van der Waals surface area contributed by atoms with Gasteiger partial charge in [-0.2, -0.15) is 0 Å². The summed E-state index contributed by atoms with van der Waals surface area (Å²) in [6.07, 6.45) is -1.57. The molecule has 0 saturated heterocycles. The molecule has 0 fully saturated rings. The molecule has 1 aliphatic heterocycles. The molecule has 0 radical (unpaired) electrons. The molecule has 0 saturated carbocycles. The lowest BCUT2D eigenvalue weighted by Crippen LogP contribution is -2.42. The monoisotopic (exact) mass is 277 g/mol. The van der Waals surface area contributed by atoms with E-state index in [1.807, 2.05) is 0 Å². The van der Waals surface area contributed by atoms with E-state index in [1.54, 1.807) is 37.2 Å². The van der Waals surface area contributed by atoms with Gasteiger partial charge in [-0.3, -0.25) is 19.3 Å². The van der Waals surface area contributed by atoms with E-state index in [0.717, 1.165) is 4.90 Å². The Bertz CT molecular complexity index is 597. The Balaban J connectivity index is 2.40. The first-order valence-corrected chi connectivity index (χ1v) is 5.98. The second kappa shape index (κ2) is 4.93. The van der Waals surface area contributed by atoms with E-state index in [9.17, 15) is 19.5 Å². The fourth-order valence-electron chi connectivity index (χ4n) is 2.12. The van der Waals surface area contributed by atoms with Crippen LogP contribution in [-0.2, 0) is 4.79 Å². The van der Waals surface area contributed by atoms with Crippen LogP contribution in [-0.4, -0.2) is 54.5 Å². The summed E-state index contributed by atoms with van der Waals surface area (Å²) >= 11 is 0. The average molecular weight is 277 g/mol. The van der Waals surface area contributed by atoms with Crippen LogP contribution in [0.1, 0.15) is 20.7 Å². The topological polar surface area (TPSA) is 104 Å². The van der Waals surface area contributed by atoms with Gasteiger partial charge in [-0.1, -0.05) is 6.07 Å². The molecule has 1 unspecified atom stereocenters. The van der Waals surface area contributed by atoms with Crippen molar-refractivity contribution >= 4 is 23.4 Å². The van der Waals surface area contributed by atoms with Gasteiger partial charge < -0.3 is 15.7 Å². The molecular weight excluding hydrogens is 262 g/mol. The quantitative estimate of drug-likeness (QED) is 0.701. The number of anilines is 1. The number of hydrogen-bond acceptors (Lipinski definition) is 5. The molecule has 1 aromatic rings. The number of hydrogen-bond donors (Lipinski definition) is 2. The summed E-state index contributed by atoms with van der Waals surface area (Å²) in [5, 5.41) is 9.45. The van der Waals surface area contributed by atoms with Gasteiger partial charge in [0.2, 0.25) is 5.91 Å². The molecule has 20 heavy (non-hydrogen) atoms. The average Bonchev–Trinajstić information content (AvgIpc) is 2.63. The summed E-state index contributed by atoms with van der Waals surface area (Å²) in [5.74, 6) is -2.04. The van der Waals surface area contributed by atoms with Crippen LogP contribution in [0.4, 0.5) is 5.69 Å². The number of carbonyl (C=O) groups excluding carboxylic acids is 3. The smallest absolute Gasteiger partial charge is 0.263 e. The summed E-state index contributed by atoms with van der Waals surface area (Å²) in [4.78, 5) is 37.9.